The van der Waals surface area contributed by atoms with E-state index < -0.39 is 101 Å². The molecular formula is C54H79N13O9. The molecule has 22 nitrogen and oxygen atoms in total. The normalized spacial score (nSPS) is 22.2. The number of carbonyl (C=O) groups excluding carboxylic acids is 9. The fourth-order valence-corrected chi connectivity index (χ4v) is 8.53. The summed E-state index contributed by atoms with van der Waals surface area (Å²) in [5, 5.41) is 24.4. The Hall–Kier alpha value is -7.27. The zero-order valence-corrected chi connectivity index (χ0v) is 44.0. The number of rotatable bonds is 19. The summed E-state index contributed by atoms with van der Waals surface area (Å²) in [6, 6.07) is 14.8. The van der Waals surface area contributed by atoms with Crippen LogP contribution < -0.4 is 70.8 Å². The van der Waals surface area contributed by atoms with Crippen LogP contribution in [0.4, 0.5) is 0 Å². The van der Waals surface area contributed by atoms with Gasteiger partial charge in [0.05, 0.1) is 0 Å². The molecule has 3 aromatic rings. The van der Waals surface area contributed by atoms with E-state index >= 15 is 0 Å². The third kappa shape index (κ3) is 19.8. The Morgan fingerprint density at radius 3 is 1.42 bits per heavy atom. The van der Waals surface area contributed by atoms with Crippen LogP contribution in [0.2, 0.25) is 0 Å². The maximum atomic E-state index is 14.5. The van der Waals surface area contributed by atoms with E-state index in [1.54, 1.807) is 54.6 Å². The first-order valence-corrected chi connectivity index (χ1v) is 26.1. The Bertz CT molecular complexity index is 2390. The van der Waals surface area contributed by atoms with Gasteiger partial charge in [0, 0.05) is 18.5 Å². The van der Waals surface area contributed by atoms with Crippen molar-refractivity contribution < 1.29 is 43.2 Å². The second kappa shape index (κ2) is 31.6. The number of benzene rings is 3. The Balaban J connectivity index is 1.74. The zero-order chi connectivity index (χ0) is 55.7. The predicted molar refractivity (Wildman–Crippen MR) is 288 cm³/mol. The van der Waals surface area contributed by atoms with Gasteiger partial charge in [-0.15, -0.1) is 0 Å². The summed E-state index contributed by atoms with van der Waals surface area (Å²) in [6.07, 6.45) is -0.338. The van der Waals surface area contributed by atoms with E-state index in [0.29, 0.717) is 5.56 Å². The van der Waals surface area contributed by atoms with Gasteiger partial charge in [-0.25, -0.2) is 0 Å². The quantitative estimate of drug-likeness (QED) is 0.0693. The lowest BCUT2D eigenvalue weighted by Gasteiger charge is -2.28. The molecule has 0 unspecified atom stereocenters. The van der Waals surface area contributed by atoms with E-state index in [2.05, 4.69) is 47.9 Å². The highest BCUT2D eigenvalue weighted by atomic mass is 16.2. The minimum absolute atomic E-state index is 0.0371. The van der Waals surface area contributed by atoms with Crippen LogP contribution in [0, 0.1) is 11.8 Å². The van der Waals surface area contributed by atoms with Crippen LogP contribution in [0.15, 0.2) is 84.9 Å². The third-order valence-electron chi connectivity index (χ3n) is 12.6. The highest BCUT2D eigenvalue weighted by Crippen LogP contribution is 2.20. The van der Waals surface area contributed by atoms with E-state index in [0.717, 1.165) is 11.1 Å². The standard InChI is InChI=1S/C54H79N13O9/c1-32(2)29-43-47(69)59-28-23-42(64-48(70)38(19-24-55)60-46(68)37-17-15-36(16-18-37)35-13-9-6-10-14-35)52(74)62-41(22-27-58)51(73)67-45(31-34-11-7-5-8-12-34)54(76)66-44(30-33(3)4)53(75)63-39(20-25-56)49(71)61-40(21-26-57)50(72)65-43/h5-18,32-33,38-45H,19-31,55-58H2,1-4H3,(H,59,69)(H,60,68)(H,61,71)(H,62,74)(H,63,75)(H,64,70)(H,65,72)(H,66,76)(H,67,73)/t38-,39+,40+,41+,42+,43+,44+,45-/m1/s1. The molecule has 0 bridgehead atoms. The third-order valence-corrected chi connectivity index (χ3v) is 12.6. The molecule has 22 heteroatoms. The Morgan fingerprint density at radius 1 is 0.513 bits per heavy atom. The Labute approximate surface area is 444 Å². The molecule has 0 spiro atoms. The van der Waals surface area contributed by atoms with Crippen molar-refractivity contribution >= 4 is 53.2 Å². The van der Waals surface area contributed by atoms with Gasteiger partial charge < -0.3 is 70.8 Å². The lowest BCUT2D eigenvalue weighted by molar-refractivity contribution is -0.136. The topological polar surface area (TPSA) is 366 Å². The van der Waals surface area contributed by atoms with Crippen molar-refractivity contribution in [3.05, 3.63) is 96.1 Å². The van der Waals surface area contributed by atoms with Crippen molar-refractivity contribution in [2.24, 2.45) is 34.8 Å². The molecule has 1 aliphatic heterocycles. The maximum absolute atomic E-state index is 14.5. The highest BCUT2D eigenvalue weighted by Gasteiger charge is 2.35. The van der Waals surface area contributed by atoms with Crippen molar-refractivity contribution in [3.8, 4) is 11.1 Å². The SMILES string of the molecule is CC(C)C[C@@H]1NC(=O)[C@H](CCN)NC(=O)[C@H](CCN)NC(=O)[C@H](CC(C)C)NC(=O)[C@@H](Cc2ccccc2)NC(=O)[C@H](CCN)NC(=O)[C@@H](NC(=O)[C@@H](CCN)NC(=O)c2ccc(-c3ccccc3)cc2)CCNC1=O. The van der Waals surface area contributed by atoms with Crippen LogP contribution in [-0.2, 0) is 44.8 Å². The average Bonchev–Trinajstić information content (AvgIpc) is 3.39. The second-order valence-corrected chi connectivity index (χ2v) is 19.7. The van der Waals surface area contributed by atoms with E-state index in [1.165, 1.54) is 0 Å². The van der Waals surface area contributed by atoms with Crippen LogP contribution in [0.1, 0.15) is 88.6 Å². The molecule has 0 aliphatic carbocycles. The van der Waals surface area contributed by atoms with Gasteiger partial charge in [0.1, 0.15) is 48.3 Å². The van der Waals surface area contributed by atoms with E-state index in [-0.39, 0.29) is 101 Å². The summed E-state index contributed by atoms with van der Waals surface area (Å²) >= 11 is 0. The first-order valence-electron chi connectivity index (χ1n) is 26.1. The van der Waals surface area contributed by atoms with E-state index in [1.807, 2.05) is 58.0 Å². The van der Waals surface area contributed by atoms with Crippen LogP contribution in [-0.4, -0.2) is 134 Å². The first kappa shape index (κ1) is 61.3. The van der Waals surface area contributed by atoms with Gasteiger partial charge in [0.25, 0.3) is 5.91 Å². The number of hydrogen-bond donors (Lipinski definition) is 13. The summed E-state index contributed by atoms with van der Waals surface area (Å²) in [5.74, 6) is -7.01. The van der Waals surface area contributed by atoms with Gasteiger partial charge in [-0.3, -0.25) is 43.2 Å². The molecule has 1 fully saturated rings. The molecule has 76 heavy (non-hydrogen) atoms. The minimum atomic E-state index is -1.47. The Kier molecular flexibility index (Phi) is 25.5. The Morgan fingerprint density at radius 2 is 0.934 bits per heavy atom. The molecule has 0 saturated carbocycles. The number of hydrogen-bond acceptors (Lipinski definition) is 13. The number of carbonyl (C=O) groups is 9. The van der Waals surface area contributed by atoms with E-state index in [9.17, 15) is 43.2 Å². The van der Waals surface area contributed by atoms with Gasteiger partial charge in [0.2, 0.25) is 47.3 Å². The van der Waals surface area contributed by atoms with Crippen molar-refractivity contribution in [2.75, 3.05) is 32.7 Å². The largest absolute Gasteiger partial charge is 0.354 e. The fraction of sp³-hybridized carbons (Fsp3) is 0.500. The van der Waals surface area contributed by atoms with Crippen molar-refractivity contribution in [2.45, 2.75) is 127 Å². The molecule has 9 amide bonds. The second-order valence-electron chi connectivity index (χ2n) is 19.7. The molecule has 3 aromatic carbocycles. The van der Waals surface area contributed by atoms with Crippen LogP contribution >= 0.6 is 0 Å². The van der Waals surface area contributed by atoms with Crippen LogP contribution in [0.5, 0.6) is 0 Å². The van der Waals surface area contributed by atoms with Gasteiger partial charge >= 0.3 is 0 Å². The lowest BCUT2D eigenvalue weighted by atomic mass is 10.00. The van der Waals surface area contributed by atoms with Crippen molar-refractivity contribution in [1.82, 2.24) is 47.9 Å². The summed E-state index contributed by atoms with van der Waals surface area (Å²) < 4.78 is 0. The van der Waals surface area contributed by atoms with Crippen molar-refractivity contribution in [3.63, 3.8) is 0 Å². The van der Waals surface area contributed by atoms with Crippen molar-refractivity contribution in [1.29, 1.82) is 0 Å². The van der Waals surface area contributed by atoms with Gasteiger partial charge in [-0.1, -0.05) is 100 Å². The van der Waals surface area contributed by atoms with Gasteiger partial charge in [0.15, 0.2) is 0 Å². The van der Waals surface area contributed by atoms with Gasteiger partial charge in [-0.2, -0.15) is 0 Å². The zero-order valence-electron chi connectivity index (χ0n) is 44.0. The number of amides is 9. The average molecular weight is 1050 g/mol. The molecule has 0 aromatic heterocycles. The first-order chi connectivity index (χ1) is 36.4. The summed E-state index contributed by atoms with van der Waals surface area (Å²) in [6.45, 7) is 6.84. The number of nitrogens with one attached hydrogen (secondary N) is 9. The lowest BCUT2D eigenvalue weighted by Crippen LogP contribution is -2.61. The monoisotopic (exact) mass is 1050 g/mol. The fourth-order valence-electron chi connectivity index (χ4n) is 8.53. The predicted octanol–water partition coefficient (Wildman–Crippen LogP) is -0.904. The molecule has 414 valence electrons. The highest BCUT2D eigenvalue weighted by molar-refractivity contribution is 6.00. The minimum Gasteiger partial charge on any atom is -0.354 e. The van der Waals surface area contributed by atoms with E-state index in [4.69, 9.17) is 22.9 Å². The maximum Gasteiger partial charge on any atom is 0.251 e. The molecular weight excluding hydrogens is 975 g/mol. The smallest absolute Gasteiger partial charge is 0.251 e. The van der Waals surface area contributed by atoms with Gasteiger partial charge in [-0.05, 0) is 112 Å². The molecule has 0 radical (unpaired) electrons. The molecule has 1 aliphatic rings. The summed E-state index contributed by atoms with van der Waals surface area (Å²) in [4.78, 5) is 127. The molecule has 8 atom stereocenters. The molecule has 1 heterocycles. The van der Waals surface area contributed by atoms with Crippen LogP contribution in [0.3, 0.4) is 0 Å². The summed E-state index contributed by atoms with van der Waals surface area (Å²) in [5.41, 5.74) is 26.4. The molecule has 17 N–H and O–H groups in total. The molecule has 1 saturated heterocycles. The molecule has 4 rings (SSSR count). The number of nitrogens with two attached hydrogens (primary N) is 4. The van der Waals surface area contributed by atoms with Crippen LogP contribution in [0.25, 0.3) is 11.1 Å². The summed E-state index contributed by atoms with van der Waals surface area (Å²) in [7, 11) is 0.